The maximum atomic E-state index is 4.42. The van der Waals surface area contributed by atoms with E-state index in [0.29, 0.717) is 0 Å². The summed E-state index contributed by atoms with van der Waals surface area (Å²) in [5.74, 6) is 2.54. The zero-order valence-electron chi connectivity index (χ0n) is 13.1. The largest absolute Gasteiger partial charge is 0.356 e. The first-order chi connectivity index (χ1) is 10.7. The average Bonchev–Trinajstić information content (AvgIpc) is 3.15. The molecule has 4 heterocycles. The van der Waals surface area contributed by atoms with Crippen LogP contribution in [0.25, 0.3) is 0 Å². The summed E-state index contributed by atoms with van der Waals surface area (Å²) in [7, 11) is 1.96. The summed E-state index contributed by atoms with van der Waals surface area (Å²) in [5, 5.41) is 7.97. The van der Waals surface area contributed by atoms with Crippen molar-refractivity contribution in [3.63, 3.8) is 0 Å². The molecule has 22 heavy (non-hydrogen) atoms. The summed E-state index contributed by atoms with van der Waals surface area (Å²) >= 11 is 0. The Morgan fingerprint density at radius 3 is 2.55 bits per heavy atom. The summed E-state index contributed by atoms with van der Waals surface area (Å²) in [6.45, 7) is 7.46. The highest BCUT2D eigenvalue weighted by molar-refractivity contribution is 5.40. The van der Waals surface area contributed by atoms with Crippen LogP contribution < -0.4 is 4.90 Å². The van der Waals surface area contributed by atoms with E-state index in [9.17, 15) is 0 Å². The Bertz CT molecular complexity index is 653. The molecule has 2 saturated heterocycles. The lowest BCUT2D eigenvalue weighted by Gasteiger charge is -2.22. The van der Waals surface area contributed by atoms with Gasteiger partial charge in [0.25, 0.3) is 0 Å². The van der Waals surface area contributed by atoms with Crippen LogP contribution in [0.5, 0.6) is 0 Å². The molecule has 0 N–H and O–H groups in total. The summed E-state index contributed by atoms with van der Waals surface area (Å²) in [4.78, 5) is 13.5. The summed E-state index contributed by atoms with van der Waals surface area (Å²) < 4.78 is 1.87. The van der Waals surface area contributed by atoms with Crippen molar-refractivity contribution >= 4 is 5.82 Å². The SMILES string of the molecule is Cc1cc(N2CC3CN(Cc4cnnn4C)CC3C2)ncn1. The quantitative estimate of drug-likeness (QED) is 0.821. The number of nitrogens with zero attached hydrogens (tertiary/aromatic N) is 7. The predicted molar refractivity (Wildman–Crippen MR) is 82.2 cm³/mol. The molecule has 2 aromatic heterocycles. The van der Waals surface area contributed by atoms with Gasteiger partial charge in [-0.25, -0.2) is 9.97 Å². The van der Waals surface area contributed by atoms with E-state index in [1.807, 2.05) is 24.9 Å². The van der Waals surface area contributed by atoms with Gasteiger partial charge in [-0.05, 0) is 18.8 Å². The van der Waals surface area contributed by atoms with Crippen molar-refractivity contribution < 1.29 is 0 Å². The van der Waals surface area contributed by atoms with Crippen molar-refractivity contribution in [2.45, 2.75) is 13.5 Å². The minimum Gasteiger partial charge on any atom is -0.356 e. The maximum absolute atomic E-state index is 4.42. The molecule has 116 valence electrons. The highest BCUT2D eigenvalue weighted by atomic mass is 15.4. The first-order valence-electron chi connectivity index (χ1n) is 7.78. The summed E-state index contributed by atoms with van der Waals surface area (Å²) in [6, 6.07) is 2.08. The molecular weight excluding hydrogens is 278 g/mol. The first-order valence-corrected chi connectivity index (χ1v) is 7.78. The smallest absolute Gasteiger partial charge is 0.132 e. The van der Waals surface area contributed by atoms with Gasteiger partial charge in [-0.3, -0.25) is 9.58 Å². The second kappa shape index (κ2) is 5.31. The zero-order chi connectivity index (χ0) is 15.1. The van der Waals surface area contributed by atoms with Crippen molar-refractivity contribution in [2.75, 3.05) is 31.1 Å². The van der Waals surface area contributed by atoms with Gasteiger partial charge in [0.1, 0.15) is 12.1 Å². The van der Waals surface area contributed by atoms with Gasteiger partial charge in [0.2, 0.25) is 0 Å². The standard InChI is InChI=1S/C15H21N7/c1-11-3-15(17-10-16-11)22-7-12-5-21(6-13(12)8-22)9-14-4-18-19-20(14)2/h3-4,10,12-13H,5-9H2,1-2H3. The van der Waals surface area contributed by atoms with Crippen LogP contribution in [0.4, 0.5) is 5.82 Å². The van der Waals surface area contributed by atoms with Gasteiger partial charge in [0.05, 0.1) is 11.9 Å². The molecule has 0 aliphatic carbocycles. The molecule has 0 radical (unpaired) electrons. The fourth-order valence-corrected chi connectivity index (χ4v) is 3.70. The molecule has 7 nitrogen and oxygen atoms in total. The third kappa shape index (κ3) is 2.45. The Morgan fingerprint density at radius 2 is 1.91 bits per heavy atom. The molecule has 0 bridgehead atoms. The monoisotopic (exact) mass is 299 g/mol. The van der Waals surface area contributed by atoms with E-state index in [2.05, 4.69) is 36.1 Å². The molecule has 2 unspecified atom stereocenters. The molecule has 0 saturated carbocycles. The number of anilines is 1. The Labute approximate surface area is 130 Å². The average molecular weight is 299 g/mol. The molecule has 2 aromatic rings. The van der Waals surface area contributed by atoms with E-state index in [1.54, 1.807) is 6.33 Å². The molecule has 2 aliphatic rings. The van der Waals surface area contributed by atoms with Crippen LogP contribution in [0.2, 0.25) is 0 Å². The van der Waals surface area contributed by atoms with Crippen LogP contribution in [-0.2, 0) is 13.6 Å². The molecular formula is C15H21N7. The van der Waals surface area contributed by atoms with E-state index in [0.717, 1.165) is 56.1 Å². The third-order valence-corrected chi connectivity index (χ3v) is 4.87. The van der Waals surface area contributed by atoms with Gasteiger partial charge < -0.3 is 4.90 Å². The van der Waals surface area contributed by atoms with Crippen LogP contribution in [0.15, 0.2) is 18.6 Å². The van der Waals surface area contributed by atoms with Gasteiger partial charge >= 0.3 is 0 Å². The van der Waals surface area contributed by atoms with Crippen molar-refractivity contribution in [1.82, 2.24) is 29.9 Å². The van der Waals surface area contributed by atoms with E-state index in [1.165, 1.54) is 5.69 Å². The highest BCUT2D eigenvalue weighted by Crippen LogP contribution is 2.33. The number of hydrogen-bond donors (Lipinski definition) is 0. The Kier molecular flexibility index (Phi) is 3.29. The van der Waals surface area contributed by atoms with Gasteiger partial charge in [0, 0.05) is 51.5 Å². The van der Waals surface area contributed by atoms with Crippen LogP contribution in [0.1, 0.15) is 11.4 Å². The van der Waals surface area contributed by atoms with E-state index < -0.39 is 0 Å². The predicted octanol–water partition coefficient (Wildman–Crippen LogP) is 0.482. The van der Waals surface area contributed by atoms with E-state index >= 15 is 0 Å². The number of aromatic nitrogens is 5. The molecule has 0 amide bonds. The Morgan fingerprint density at radius 1 is 1.14 bits per heavy atom. The summed E-state index contributed by atoms with van der Waals surface area (Å²) in [6.07, 6.45) is 3.53. The zero-order valence-corrected chi connectivity index (χ0v) is 13.1. The number of rotatable bonds is 3. The fraction of sp³-hybridized carbons (Fsp3) is 0.600. The van der Waals surface area contributed by atoms with Crippen LogP contribution in [0, 0.1) is 18.8 Å². The third-order valence-electron chi connectivity index (χ3n) is 4.87. The van der Waals surface area contributed by atoms with Crippen molar-refractivity contribution in [3.8, 4) is 0 Å². The normalized spacial score (nSPS) is 24.9. The lowest BCUT2D eigenvalue weighted by atomic mass is 10.0. The fourth-order valence-electron chi connectivity index (χ4n) is 3.70. The van der Waals surface area contributed by atoms with Gasteiger partial charge in [-0.15, -0.1) is 5.10 Å². The number of likely N-dealkylation sites (tertiary alicyclic amines) is 1. The van der Waals surface area contributed by atoms with Crippen molar-refractivity contribution in [2.24, 2.45) is 18.9 Å². The van der Waals surface area contributed by atoms with Crippen molar-refractivity contribution in [1.29, 1.82) is 0 Å². The topological polar surface area (TPSA) is 63.0 Å². The van der Waals surface area contributed by atoms with Gasteiger partial charge in [-0.2, -0.15) is 0 Å². The van der Waals surface area contributed by atoms with Gasteiger partial charge in [-0.1, -0.05) is 5.21 Å². The molecule has 4 rings (SSSR count). The summed E-state index contributed by atoms with van der Waals surface area (Å²) in [5.41, 5.74) is 2.22. The van der Waals surface area contributed by atoms with Crippen LogP contribution >= 0.6 is 0 Å². The molecule has 2 atom stereocenters. The highest BCUT2D eigenvalue weighted by Gasteiger charge is 2.40. The maximum Gasteiger partial charge on any atom is 0.132 e. The Balaban J connectivity index is 1.39. The number of fused-ring (bicyclic) bond motifs is 1. The second-order valence-electron chi connectivity index (χ2n) is 6.49. The second-order valence-corrected chi connectivity index (χ2v) is 6.49. The first kappa shape index (κ1) is 13.6. The Hall–Kier alpha value is -2.02. The molecule has 7 heteroatoms. The van der Waals surface area contributed by atoms with Crippen molar-refractivity contribution in [3.05, 3.63) is 30.0 Å². The van der Waals surface area contributed by atoms with Gasteiger partial charge in [0.15, 0.2) is 0 Å². The lowest BCUT2D eigenvalue weighted by molar-refractivity contribution is 0.300. The van der Waals surface area contributed by atoms with E-state index in [-0.39, 0.29) is 0 Å². The number of aryl methyl sites for hydroxylation is 2. The van der Waals surface area contributed by atoms with E-state index in [4.69, 9.17) is 0 Å². The molecule has 2 fully saturated rings. The minimum atomic E-state index is 0.733. The molecule has 0 aromatic carbocycles. The number of hydrogen-bond acceptors (Lipinski definition) is 6. The molecule has 2 aliphatic heterocycles. The minimum absolute atomic E-state index is 0.733. The van der Waals surface area contributed by atoms with Crippen LogP contribution in [-0.4, -0.2) is 56.0 Å². The molecule has 0 spiro atoms. The van der Waals surface area contributed by atoms with Crippen LogP contribution in [0.3, 0.4) is 0 Å². The lowest BCUT2D eigenvalue weighted by Crippen LogP contribution is -2.29.